The van der Waals surface area contributed by atoms with Crippen molar-refractivity contribution in [1.29, 1.82) is 0 Å². The van der Waals surface area contributed by atoms with Gasteiger partial charge in [-0.25, -0.2) is 0 Å². The van der Waals surface area contributed by atoms with Crippen LogP contribution in [0.2, 0.25) is 0 Å². The standard InChI is InChI=1S/C15H21N/c1-2-7-13(8-3-1)15(14-9-10-14)16-11-12-5-4-6-12/h1-3,7-8,12,14-16H,4-6,9-11H2. The van der Waals surface area contributed by atoms with E-state index in [4.69, 9.17) is 0 Å². The third kappa shape index (κ3) is 2.30. The van der Waals surface area contributed by atoms with Crippen LogP contribution in [0.4, 0.5) is 0 Å². The Morgan fingerprint density at radius 3 is 2.38 bits per heavy atom. The van der Waals surface area contributed by atoms with Crippen LogP contribution in [-0.2, 0) is 0 Å². The lowest BCUT2D eigenvalue weighted by atomic mass is 9.85. The molecule has 0 aliphatic heterocycles. The molecule has 3 rings (SSSR count). The van der Waals surface area contributed by atoms with Crippen molar-refractivity contribution >= 4 is 0 Å². The zero-order valence-electron chi connectivity index (χ0n) is 9.86. The first-order chi connectivity index (χ1) is 7.93. The fourth-order valence-electron chi connectivity index (χ4n) is 2.64. The third-order valence-corrected chi connectivity index (χ3v) is 4.10. The quantitative estimate of drug-likeness (QED) is 0.792. The van der Waals surface area contributed by atoms with Crippen molar-refractivity contribution in [2.45, 2.75) is 38.1 Å². The van der Waals surface area contributed by atoms with Crippen LogP contribution in [0.15, 0.2) is 30.3 Å². The molecule has 2 aliphatic rings. The molecule has 1 aromatic carbocycles. The molecule has 0 amide bonds. The molecule has 1 nitrogen and oxygen atoms in total. The van der Waals surface area contributed by atoms with Gasteiger partial charge in [0.2, 0.25) is 0 Å². The fourth-order valence-corrected chi connectivity index (χ4v) is 2.64. The monoisotopic (exact) mass is 215 g/mol. The molecule has 2 saturated carbocycles. The molecule has 1 atom stereocenters. The summed E-state index contributed by atoms with van der Waals surface area (Å²) in [5.74, 6) is 1.87. The van der Waals surface area contributed by atoms with Crippen LogP contribution >= 0.6 is 0 Å². The molecule has 1 N–H and O–H groups in total. The zero-order valence-corrected chi connectivity index (χ0v) is 9.86. The Hall–Kier alpha value is -0.820. The first kappa shape index (κ1) is 10.3. The number of nitrogens with one attached hydrogen (secondary N) is 1. The highest BCUT2D eigenvalue weighted by atomic mass is 14.9. The Balaban J connectivity index is 1.62. The van der Waals surface area contributed by atoms with Crippen molar-refractivity contribution in [2.75, 3.05) is 6.54 Å². The lowest BCUT2D eigenvalue weighted by Crippen LogP contribution is -2.31. The van der Waals surface area contributed by atoms with Crippen molar-refractivity contribution in [3.8, 4) is 0 Å². The van der Waals surface area contributed by atoms with Gasteiger partial charge >= 0.3 is 0 Å². The number of hydrogen-bond donors (Lipinski definition) is 1. The van der Waals surface area contributed by atoms with Gasteiger partial charge in [-0.15, -0.1) is 0 Å². The van der Waals surface area contributed by atoms with Gasteiger partial charge < -0.3 is 5.32 Å². The third-order valence-electron chi connectivity index (χ3n) is 4.10. The maximum Gasteiger partial charge on any atom is 0.0348 e. The smallest absolute Gasteiger partial charge is 0.0348 e. The van der Waals surface area contributed by atoms with Crippen molar-refractivity contribution < 1.29 is 0 Å². The van der Waals surface area contributed by atoms with Gasteiger partial charge in [-0.05, 0) is 49.6 Å². The lowest BCUT2D eigenvalue weighted by Gasteiger charge is -2.28. The lowest BCUT2D eigenvalue weighted by molar-refractivity contribution is 0.283. The molecule has 16 heavy (non-hydrogen) atoms. The normalized spacial score (nSPS) is 22.8. The Labute approximate surface area is 98.3 Å². The van der Waals surface area contributed by atoms with Crippen molar-refractivity contribution in [3.63, 3.8) is 0 Å². The molecule has 0 radical (unpaired) electrons. The maximum absolute atomic E-state index is 3.80. The summed E-state index contributed by atoms with van der Waals surface area (Å²) in [5.41, 5.74) is 1.49. The van der Waals surface area contributed by atoms with E-state index in [1.54, 1.807) is 0 Å². The molecule has 0 heterocycles. The van der Waals surface area contributed by atoms with Crippen LogP contribution in [-0.4, -0.2) is 6.54 Å². The number of rotatable bonds is 5. The predicted molar refractivity (Wildman–Crippen MR) is 67.3 cm³/mol. The molecule has 0 bridgehead atoms. The number of hydrogen-bond acceptors (Lipinski definition) is 1. The van der Waals surface area contributed by atoms with Gasteiger partial charge in [0.25, 0.3) is 0 Å². The van der Waals surface area contributed by atoms with Gasteiger partial charge in [-0.3, -0.25) is 0 Å². The Kier molecular flexibility index (Phi) is 2.96. The maximum atomic E-state index is 3.80. The second-order valence-electron chi connectivity index (χ2n) is 5.43. The van der Waals surface area contributed by atoms with Crippen LogP contribution in [0.1, 0.15) is 43.7 Å². The summed E-state index contributed by atoms with van der Waals surface area (Å²) in [6.07, 6.45) is 7.17. The summed E-state index contributed by atoms with van der Waals surface area (Å²) in [6.45, 7) is 1.23. The molecule has 86 valence electrons. The van der Waals surface area contributed by atoms with E-state index in [-0.39, 0.29) is 0 Å². The first-order valence-corrected chi connectivity index (χ1v) is 6.72. The molecule has 1 aromatic rings. The Bertz CT molecular complexity index is 325. The molecule has 1 heteroatoms. The summed E-state index contributed by atoms with van der Waals surface area (Å²) in [5, 5.41) is 3.80. The average molecular weight is 215 g/mol. The number of benzene rings is 1. The topological polar surface area (TPSA) is 12.0 Å². The van der Waals surface area contributed by atoms with Gasteiger partial charge in [0.05, 0.1) is 0 Å². The molecular weight excluding hydrogens is 194 g/mol. The molecule has 0 spiro atoms. The molecule has 0 aromatic heterocycles. The van der Waals surface area contributed by atoms with E-state index in [1.807, 2.05) is 0 Å². The van der Waals surface area contributed by atoms with Crippen LogP contribution in [0, 0.1) is 11.8 Å². The van der Waals surface area contributed by atoms with Crippen LogP contribution in [0.25, 0.3) is 0 Å². The van der Waals surface area contributed by atoms with E-state index < -0.39 is 0 Å². The average Bonchev–Trinajstić information content (AvgIpc) is 3.07. The molecule has 2 fully saturated rings. The minimum Gasteiger partial charge on any atom is -0.309 e. The van der Waals surface area contributed by atoms with Crippen LogP contribution in [0.3, 0.4) is 0 Å². The van der Waals surface area contributed by atoms with Gasteiger partial charge in [0.15, 0.2) is 0 Å². The van der Waals surface area contributed by atoms with Crippen molar-refractivity contribution in [1.82, 2.24) is 5.32 Å². The first-order valence-electron chi connectivity index (χ1n) is 6.72. The van der Waals surface area contributed by atoms with Crippen LogP contribution < -0.4 is 5.32 Å². The van der Waals surface area contributed by atoms with Crippen LogP contribution in [0.5, 0.6) is 0 Å². The summed E-state index contributed by atoms with van der Waals surface area (Å²) in [7, 11) is 0. The van der Waals surface area contributed by atoms with Gasteiger partial charge in [-0.1, -0.05) is 36.8 Å². The summed E-state index contributed by atoms with van der Waals surface area (Å²) >= 11 is 0. The summed E-state index contributed by atoms with van der Waals surface area (Å²) < 4.78 is 0. The molecule has 1 unspecified atom stereocenters. The van der Waals surface area contributed by atoms with E-state index in [2.05, 4.69) is 35.6 Å². The van der Waals surface area contributed by atoms with E-state index in [0.717, 1.165) is 11.8 Å². The predicted octanol–water partition coefficient (Wildman–Crippen LogP) is 3.53. The highest BCUT2D eigenvalue weighted by Crippen LogP contribution is 2.41. The molecule has 2 aliphatic carbocycles. The van der Waals surface area contributed by atoms with E-state index in [0.29, 0.717) is 6.04 Å². The second kappa shape index (κ2) is 4.58. The van der Waals surface area contributed by atoms with E-state index >= 15 is 0 Å². The largest absolute Gasteiger partial charge is 0.309 e. The zero-order chi connectivity index (χ0) is 10.8. The molecular formula is C15H21N. The highest BCUT2D eigenvalue weighted by molar-refractivity contribution is 5.21. The second-order valence-corrected chi connectivity index (χ2v) is 5.43. The highest BCUT2D eigenvalue weighted by Gasteiger charge is 2.32. The van der Waals surface area contributed by atoms with Crippen molar-refractivity contribution in [2.24, 2.45) is 11.8 Å². The Morgan fingerprint density at radius 1 is 1.06 bits per heavy atom. The fraction of sp³-hybridized carbons (Fsp3) is 0.600. The van der Waals surface area contributed by atoms with Crippen molar-refractivity contribution in [3.05, 3.63) is 35.9 Å². The van der Waals surface area contributed by atoms with E-state index in [1.165, 1.54) is 44.2 Å². The van der Waals surface area contributed by atoms with Gasteiger partial charge in [0.1, 0.15) is 0 Å². The molecule has 0 saturated heterocycles. The summed E-state index contributed by atoms with van der Waals surface area (Å²) in [6, 6.07) is 11.6. The van der Waals surface area contributed by atoms with Gasteiger partial charge in [-0.2, -0.15) is 0 Å². The van der Waals surface area contributed by atoms with E-state index in [9.17, 15) is 0 Å². The minimum absolute atomic E-state index is 0.627. The SMILES string of the molecule is c1ccc(C(NCC2CCC2)C2CC2)cc1. The van der Waals surface area contributed by atoms with Gasteiger partial charge in [0, 0.05) is 6.04 Å². The summed E-state index contributed by atoms with van der Waals surface area (Å²) in [4.78, 5) is 0. The Morgan fingerprint density at radius 2 is 1.81 bits per heavy atom. The minimum atomic E-state index is 0.627.